The van der Waals surface area contributed by atoms with E-state index in [9.17, 15) is 16.8 Å². The van der Waals surface area contributed by atoms with E-state index in [0.29, 0.717) is 31.8 Å². The van der Waals surface area contributed by atoms with Gasteiger partial charge >= 0.3 is 0 Å². The maximum atomic E-state index is 13.3. The van der Waals surface area contributed by atoms with Crippen molar-refractivity contribution in [2.45, 2.75) is 41.5 Å². The minimum absolute atomic E-state index is 0.000298. The van der Waals surface area contributed by atoms with Gasteiger partial charge in [0.05, 0.1) is 23.0 Å². The molecule has 2 heterocycles. The number of fused-ring (bicyclic) bond motifs is 2. The van der Waals surface area contributed by atoms with Gasteiger partial charge in [0.25, 0.3) is 0 Å². The first-order valence-corrected chi connectivity index (χ1v) is 13.3. The molecule has 1 N–H and O–H groups in total. The predicted octanol–water partition coefficient (Wildman–Crippen LogP) is 1.69. The highest BCUT2D eigenvalue weighted by Gasteiger charge is 2.38. The van der Waals surface area contributed by atoms with E-state index in [1.54, 1.807) is 30.3 Å². The Hall–Kier alpha value is -2.14. The Balaban J connectivity index is 1.30. The van der Waals surface area contributed by atoms with Crippen molar-refractivity contribution in [3.05, 3.63) is 47.5 Å². The van der Waals surface area contributed by atoms with Gasteiger partial charge in [-0.1, -0.05) is 0 Å². The molecule has 0 unspecified atom stereocenters. The molecule has 0 spiro atoms. The molecule has 5 rings (SSSR count). The Morgan fingerprint density at radius 1 is 0.871 bits per heavy atom. The molecule has 1 saturated carbocycles. The summed E-state index contributed by atoms with van der Waals surface area (Å²) in [5, 5.41) is 0. The van der Waals surface area contributed by atoms with Gasteiger partial charge in [0.2, 0.25) is 20.0 Å². The van der Waals surface area contributed by atoms with Crippen LogP contribution in [0, 0.1) is 0 Å². The van der Waals surface area contributed by atoms with Crippen LogP contribution in [0.4, 0.5) is 0 Å². The second kappa shape index (κ2) is 7.77. The number of hydrogen-bond donors (Lipinski definition) is 1. The third-order valence-electron chi connectivity index (χ3n) is 5.82. The molecular weight excluding hydrogens is 440 g/mol. The third kappa shape index (κ3) is 4.05. The maximum Gasteiger partial charge on any atom is 0.243 e. The topological polar surface area (TPSA) is 102 Å². The summed E-state index contributed by atoms with van der Waals surface area (Å²) in [5.41, 5.74) is 1.75. The highest BCUT2D eigenvalue weighted by molar-refractivity contribution is 7.89. The quantitative estimate of drug-likeness (QED) is 0.638. The average Bonchev–Trinajstić information content (AvgIpc) is 3.27. The molecule has 2 aliphatic heterocycles. The predicted molar refractivity (Wildman–Crippen MR) is 113 cm³/mol. The Morgan fingerprint density at radius 2 is 1.45 bits per heavy atom. The molecule has 0 amide bonds. The van der Waals surface area contributed by atoms with Crippen LogP contribution in [-0.4, -0.2) is 53.5 Å². The normalized spacial score (nSPS) is 17.8. The van der Waals surface area contributed by atoms with E-state index >= 15 is 0 Å². The van der Waals surface area contributed by atoms with E-state index in [1.165, 1.54) is 10.4 Å². The van der Waals surface area contributed by atoms with E-state index in [-0.39, 0.29) is 28.9 Å². The van der Waals surface area contributed by atoms with E-state index in [0.717, 1.165) is 29.7 Å². The molecule has 0 atom stereocenters. The number of nitrogens with one attached hydrogen (secondary N) is 1. The largest absolute Gasteiger partial charge is 0.493 e. The van der Waals surface area contributed by atoms with Crippen LogP contribution in [0.1, 0.15) is 24.0 Å². The zero-order valence-electron chi connectivity index (χ0n) is 16.9. The zero-order chi connectivity index (χ0) is 21.6. The molecule has 0 aromatic heterocycles. The summed E-state index contributed by atoms with van der Waals surface area (Å²) in [6.07, 6.45) is 2.93. The van der Waals surface area contributed by atoms with Crippen molar-refractivity contribution in [3.8, 4) is 11.5 Å². The number of ether oxygens (including phenoxy) is 2. The molecule has 1 fully saturated rings. The molecular formula is C21H24N2O6S2. The van der Waals surface area contributed by atoms with Gasteiger partial charge in [-0.2, -0.15) is 4.31 Å². The summed E-state index contributed by atoms with van der Waals surface area (Å²) in [7, 11) is -7.47. The first kappa shape index (κ1) is 20.7. The molecule has 2 aromatic rings. The summed E-state index contributed by atoms with van der Waals surface area (Å²) in [6.45, 7) is 1.19. The van der Waals surface area contributed by atoms with Gasteiger partial charge in [0.1, 0.15) is 11.5 Å². The molecule has 166 valence electrons. The molecule has 0 radical (unpaired) electrons. The van der Waals surface area contributed by atoms with Crippen molar-refractivity contribution in [3.63, 3.8) is 0 Å². The molecule has 31 heavy (non-hydrogen) atoms. The second-order valence-electron chi connectivity index (χ2n) is 7.98. The molecule has 2 aromatic carbocycles. The minimum atomic E-state index is -3.74. The lowest BCUT2D eigenvalue weighted by Crippen LogP contribution is -2.39. The van der Waals surface area contributed by atoms with Crippen LogP contribution in [0.3, 0.4) is 0 Å². The van der Waals surface area contributed by atoms with Gasteiger partial charge in [-0.25, -0.2) is 21.6 Å². The second-order valence-corrected chi connectivity index (χ2v) is 11.6. The van der Waals surface area contributed by atoms with Crippen LogP contribution < -0.4 is 14.2 Å². The Labute approximate surface area is 182 Å². The van der Waals surface area contributed by atoms with Crippen molar-refractivity contribution in [1.82, 2.24) is 9.03 Å². The smallest absolute Gasteiger partial charge is 0.243 e. The minimum Gasteiger partial charge on any atom is -0.493 e. The molecule has 1 aliphatic carbocycles. The number of hydrogen-bond acceptors (Lipinski definition) is 6. The number of sulfonamides is 2. The van der Waals surface area contributed by atoms with Gasteiger partial charge in [0, 0.05) is 32.0 Å². The monoisotopic (exact) mass is 464 g/mol. The standard InChI is InChI=1S/C21H24N2O6S2/c24-30(25,18-3-5-20-15(13-18)7-11-28-20)22-9-10-23(17-1-2-17)31(26,27)19-4-6-21-16(14-19)8-12-29-21/h3-6,13-14,17,22H,1-2,7-12H2. The van der Waals surface area contributed by atoms with Crippen LogP contribution >= 0.6 is 0 Å². The summed E-state index contributed by atoms with van der Waals surface area (Å²) < 4.78 is 66.8. The molecule has 0 saturated heterocycles. The summed E-state index contributed by atoms with van der Waals surface area (Å²) >= 11 is 0. The van der Waals surface area contributed by atoms with Crippen molar-refractivity contribution in [2.75, 3.05) is 26.3 Å². The number of nitrogens with zero attached hydrogens (tertiary/aromatic N) is 1. The lowest BCUT2D eigenvalue weighted by molar-refractivity contribution is 0.356. The molecule has 0 bridgehead atoms. The van der Waals surface area contributed by atoms with E-state index in [1.807, 2.05) is 0 Å². The Bertz CT molecular complexity index is 1220. The van der Waals surface area contributed by atoms with Crippen LogP contribution in [0.5, 0.6) is 11.5 Å². The maximum absolute atomic E-state index is 13.3. The van der Waals surface area contributed by atoms with Gasteiger partial charge in [-0.15, -0.1) is 0 Å². The lowest BCUT2D eigenvalue weighted by Gasteiger charge is -2.22. The Kier molecular flexibility index (Phi) is 5.20. The van der Waals surface area contributed by atoms with E-state index in [4.69, 9.17) is 9.47 Å². The van der Waals surface area contributed by atoms with E-state index < -0.39 is 20.0 Å². The van der Waals surface area contributed by atoms with Gasteiger partial charge in [0.15, 0.2) is 0 Å². The summed E-state index contributed by atoms with van der Waals surface area (Å²) in [5.74, 6) is 1.44. The fourth-order valence-electron chi connectivity index (χ4n) is 4.02. The SMILES string of the molecule is O=S(=O)(NCCN(C1CC1)S(=O)(=O)c1ccc2c(c1)CCO2)c1ccc2c(c1)CCO2. The fraction of sp³-hybridized carbons (Fsp3) is 0.429. The zero-order valence-corrected chi connectivity index (χ0v) is 18.5. The van der Waals surface area contributed by atoms with E-state index in [2.05, 4.69) is 4.72 Å². The lowest BCUT2D eigenvalue weighted by atomic mass is 10.2. The fourth-order valence-corrected chi connectivity index (χ4v) is 6.83. The van der Waals surface area contributed by atoms with Crippen LogP contribution in [-0.2, 0) is 32.9 Å². The van der Waals surface area contributed by atoms with Crippen molar-refractivity contribution >= 4 is 20.0 Å². The highest BCUT2D eigenvalue weighted by Crippen LogP contribution is 2.34. The molecule has 10 heteroatoms. The van der Waals surface area contributed by atoms with Crippen molar-refractivity contribution in [2.24, 2.45) is 0 Å². The number of rotatable bonds is 8. The summed E-state index contributed by atoms with van der Waals surface area (Å²) in [6, 6.07) is 9.63. The number of benzene rings is 2. The van der Waals surface area contributed by atoms with Crippen LogP contribution in [0.25, 0.3) is 0 Å². The average molecular weight is 465 g/mol. The highest BCUT2D eigenvalue weighted by atomic mass is 32.2. The van der Waals surface area contributed by atoms with Gasteiger partial charge in [-0.05, 0) is 60.4 Å². The Morgan fingerprint density at radius 3 is 2.06 bits per heavy atom. The van der Waals surface area contributed by atoms with Crippen LogP contribution in [0.2, 0.25) is 0 Å². The van der Waals surface area contributed by atoms with Crippen molar-refractivity contribution in [1.29, 1.82) is 0 Å². The van der Waals surface area contributed by atoms with Crippen LogP contribution in [0.15, 0.2) is 46.2 Å². The third-order valence-corrected chi connectivity index (χ3v) is 9.22. The molecule has 8 nitrogen and oxygen atoms in total. The van der Waals surface area contributed by atoms with Crippen molar-refractivity contribution < 1.29 is 26.3 Å². The molecule has 3 aliphatic rings. The van der Waals surface area contributed by atoms with Gasteiger partial charge < -0.3 is 9.47 Å². The van der Waals surface area contributed by atoms with Gasteiger partial charge in [-0.3, -0.25) is 0 Å². The first-order valence-electron chi connectivity index (χ1n) is 10.4. The summed E-state index contributed by atoms with van der Waals surface area (Å²) in [4.78, 5) is 0.390. The first-order chi connectivity index (χ1) is 14.8.